The molecule has 0 radical (unpaired) electrons. The minimum Gasteiger partial charge on any atom is -0.372 e. The summed E-state index contributed by atoms with van der Waals surface area (Å²) in [5, 5.41) is 4.10. The molecule has 0 bridgehead atoms. The van der Waals surface area contributed by atoms with E-state index in [0.717, 1.165) is 10.9 Å². The van der Waals surface area contributed by atoms with Gasteiger partial charge in [0, 0.05) is 29.8 Å². The average Bonchev–Trinajstić information content (AvgIpc) is 2.45. The highest BCUT2D eigenvalue weighted by Gasteiger charge is 2.23. The molecule has 0 aliphatic heterocycles. The van der Waals surface area contributed by atoms with Crippen molar-refractivity contribution >= 4 is 17.3 Å². The van der Waals surface area contributed by atoms with Gasteiger partial charge in [0.1, 0.15) is 0 Å². The molecule has 1 N–H and O–H groups in total. The molecule has 3 heteroatoms. The van der Waals surface area contributed by atoms with E-state index in [1.165, 1.54) is 36.9 Å². The van der Waals surface area contributed by atoms with Crippen molar-refractivity contribution in [3.05, 3.63) is 28.8 Å². The Labute approximate surface area is 128 Å². The van der Waals surface area contributed by atoms with E-state index in [4.69, 9.17) is 11.6 Å². The highest BCUT2D eigenvalue weighted by Crippen LogP contribution is 2.32. The van der Waals surface area contributed by atoms with E-state index >= 15 is 0 Å². The van der Waals surface area contributed by atoms with Crippen LogP contribution in [0.5, 0.6) is 0 Å². The number of nitrogens with zero attached hydrogens (tertiary/aromatic N) is 1. The van der Waals surface area contributed by atoms with Crippen LogP contribution in [0, 0.1) is 5.92 Å². The number of nitrogens with one attached hydrogen (secondary N) is 1. The van der Waals surface area contributed by atoms with Gasteiger partial charge in [-0.25, -0.2) is 0 Å². The van der Waals surface area contributed by atoms with Crippen LogP contribution in [0.15, 0.2) is 18.2 Å². The Morgan fingerprint density at radius 3 is 2.70 bits per heavy atom. The van der Waals surface area contributed by atoms with Crippen molar-refractivity contribution in [1.82, 2.24) is 5.32 Å². The molecule has 20 heavy (non-hydrogen) atoms. The number of anilines is 1. The number of rotatable bonds is 4. The molecule has 3 atom stereocenters. The van der Waals surface area contributed by atoms with Crippen LogP contribution in [0.3, 0.4) is 0 Å². The van der Waals surface area contributed by atoms with Gasteiger partial charge in [0.15, 0.2) is 0 Å². The second kappa shape index (κ2) is 6.82. The zero-order chi connectivity index (χ0) is 14.7. The van der Waals surface area contributed by atoms with Crippen molar-refractivity contribution in [3.8, 4) is 0 Å². The first-order chi connectivity index (χ1) is 9.52. The first kappa shape index (κ1) is 15.7. The summed E-state index contributed by atoms with van der Waals surface area (Å²) >= 11 is 6.45. The fraction of sp³-hybridized carbons (Fsp3) is 0.647. The normalized spacial score (nSPS) is 24.4. The third kappa shape index (κ3) is 3.48. The van der Waals surface area contributed by atoms with Crippen LogP contribution in [-0.2, 0) is 0 Å². The van der Waals surface area contributed by atoms with Gasteiger partial charge in [-0.3, -0.25) is 0 Å². The summed E-state index contributed by atoms with van der Waals surface area (Å²) < 4.78 is 0. The molecule has 3 unspecified atom stereocenters. The predicted molar refractivity (Wildman–Crippen MR) is 88.7 cm³/mol. The van der Waals surface area contributed by atoms with Crippen molar-refractivity contribution in [2.75, 3.05) is 19.0 Å². The summed E-state index contributed by atoms with van der Waals surface area (Å²) in [6.45, 7) is 4.50. The van der Waals surface area contributed by atoms with Crippen LogP contribution >= 0.6 is 11.6 Å². The summed E-state index contributed by atoms with van der Waals surface area (Å²) in [5.41, 5.74) is 2.41. The Morgan fingerprint density at radius 2 is 2.10 bits per heavy atom. The molecular weight excluding hydrogens is 268 g/mol. The van der Waals surface area contributed by atoms with E-state index in [9.17, 15) is 0 Å². The Balaban J connectivity index is 2.14. The standard InChI is InChI=1S/C17H27ClN2/c1-12-6-5-7-14(10-12)20(4)15-8-9-16(13(2)19-3)17(18)11-15/h8-9,11-14,19H,5-7,10H2,1-4H3. The van der Waals surface area contributed by atoms with Crippen LogP contribution < -0.4 is 10.2 Å². The lowest BCUT2D eigenvalue weighted by Crippen LogP contribution is -2.35. The molecule has 0 saturated heterocycles. The maximum absolute atomic E-state index is 6.45. The van der Waals surface area contributed by atoms with E-state index < -0.39 is 0 Å². The topological polar surface area (TPSA) is 15.3 Å². The largest absolute Gasteiger partial charge is 0.372 e. The molecular formula is C17H27ClN2. The summed E-state index contributed by atoms with van der Waals surface area (Å²) in [4.78, 5) is 2.41. The second-order valence-corrected chi connectivity index (χ2v) is 6.66. The van der Waals surface area contributed by atoms with Gasteiger partial charge in [-0.05, 0) is 50.4 Å². The lowest BCUT2D eigenvalue weighted by atomic mass is 9.86. The molecule has 0 aromatic heterocycles. The van der Waals surface area contributed by atoms with Crippen molar-refractivity contribution in [2.24, 2.45) is 5.92 Å². The van der Waals surface area contributed by atoms with E-state index in [1.807, 2.05) is 7.05 Å². The fourth-order valence-corrected chi connectivity index (χ4v) is 3.55. The van der Waals surface area contributed by atoms with Gasteiger partial charge < -0.3 is 10.2 Å². The molecule has 112 valence electrons. The number of halogens is 1. The van der Waals surface area contributed by atoms with Gasteiger partial charge in [0.05, 0.1) is 0 Å². The second-order valence-electron chi connectivity index (χ2n) is 6.25. The summed E-state index contributed by atoms with van der Waals surface area (Å²) in [7, 11) is 4.17. The maximum Gasteiger partial charge on any atom is 0.0474 e. The van der Waals surface area contributed by atoms with E-state index in [2.05, 4.69) is 49.3 Å². The van der Waals surface area contributed by atoms with Crippen LogP contribution in [0.25, 0.3) is 0 Å². The molecule has 0 heterocycles. The lowest BCUT2D eigenvalue weighted by molar-refractivity contribution is 0.336. The quantitative estimate of drug-likeness (QED) is 0.870. The van der Waals surface area contributed by atoms with Crippen LogP contribution in [-0.4, -0.2) is 20.1 Å². The minimum atomic E-state index is 0.288. The van der Waals surface area contributed by atoms with Gasteiger partial charge >= 0.3 is 0 Å². The molecule has 0 amide bonds. The van der Waals surface area contributed by atoms with Gasteiger partial charge in [-0.1, -0.05) is 37.4 Å². The van der Waals surface area contributed by atoms with Crippen LogP contribution in [0.1, 0.15) is 51.1 Å². The van der Waals surface area contributed by atoms with Crippen LogP contribution in [0.4, 0.5) is 5.69 Å². The molecule has 1 aliphatic rings. The lowest BCUT2D eigenvalue weighted by Gasteiger charge is -2.36. The highest BCUT2D eigenvalue weighted by molar-refractivity contribution is 6.31. The molecule has 1 aromatic carbocycles. The summed E-state index contributed by atoms with van der Waals surface area (Å²) in [5.74, 6) is 0.843. The van der Waals surface area contributed by atoms with Crippen molar-refractivity contribution in [3.63, 3.8) is 0 Å². The van der Waals surface area contributed by atoms with Gasteiger partial charge in [0.25, 0.3) is 0 Å². The van der Waals surface area contributed by atoms with E-state index in [0.29, 0.717) is 6.04 Å². The third-order valence-electron chi connectivity index (χ3n) is 4.75. The molecule has 1 saturated carbocycles. The molecule has 2 rings (SSSR count). The van der Waals surface area contributed by atoms with Gasteiger partial charge in [0.2, 0.25) is 0 Å². The fourth-order valence-electron chi connectivity index (χ4n) is 3.21. The molecule has 1 aliphatic carbocycles. The smallest absolute Gasteiger partial charge is 0.0474 e. The Hall–Kier alpha value is -0.730. The molecule has 2 nitrogen and oxygen atoms in total. The van der Waals surface area contributed by atoms with Crippen molar-refractivity contribution in [1.29, 1.82) is 0 Å². The Bertz CT molecular complexity index is 447. The monoisotopic (exact) mass is 294 g/mol. The molecule has 1 aromatic rings. The van der Waals surface area contributed by atoms with E-state index in [1.54, 1.807) is 0 Å². The zero-order valence-electron chi connectivity index (χ0n) is 13.1. The number of hydrogen-bond acceptors (Lipinski definition) is 2. The minimum absolute atomic E-state index is 0.288. The average molecular weight is 295 g/mol. The molecule has 1 fully saturated rings. The van der Waals surface area contributed by atoms with E-state index in [-0.39, 0.29) is 6.04 Å². The molecule has 0 spiro atoms. The number of hydrogen-bond donors (Lipinski definition) is 1. The predicted octanol–water partition coefficient (Wildman–Crippen LogP) is 4.64. The Morgan fingerprint density at radius 1 is 1.35 bits per heavy atom. The highest BCUT2D eigenvalue weighted by atomic mass is 35.5. The SMILES string of the molecule is CNC(C)c1ccc(N(C)C2CCCC(C)C2)cc1Cl. The van der Waals surface area contributed by atoms with Gasteiger partial charge in [-0.15, -0.1) is 0 Å². The first-order valence-corrected chi connectivity index (χ1v) is 8.10. The zero-order valence-corrected chi connectivity index (χ0v) is 13.9. The van der Waals surface area contributed by atoms with Crippen molar-refractivity contribution < 1.29 is 0 Å². The Kier molecular flexibility index (Phi) is 5.34. The number of benzene rings is 1. The first-order valence-electron chi connectivity index (χ1n) is 7.72. The van der Waals surface area contributed by atoms with Gasteiger partial charge in [-0.2, -0.15) is 0 Å². The summed E-state index contributed by atoms with van der Waals surface area (Å²) in [6, 6.07) is 7.42. The van der Waals surface area contributed by atoms with Crippen molar-refractivity contribution in [2.45, 2.75) is 51.6 Å². The van der Waals surface area contributed by atoms with Crippen LogP contribution in [0.2, 0.25) is 5.02 Å². The summed E-state index contributed by atoms with van der Waals surface area (Å²) in [6.07, 6.45) is 5.32. The third-order valence-corrected chi connectivity index (χ3v) is 5.07. The maximum atomic E-state index is 6.45.